The number of rotatable bonds is 10. The van der Waals surface area contributed by atoms with E-state index in [1.165, 1.54) is 0 Å². The van der Waals surface area contributed by atoms with Crippen molar-refractivity contribution in [1.29, 1.82) is 10.5 Å². The fraction of sp³-hybridized carbons (Fsp3) is 0.875. The van der Waals surface area contributed by atoms with Crippen molar-refractivity contribution in [2.75, 3.05) is 0 Å². The number of hydrogen-bond donors (Lipinski definition) is 0. The summed E-state index contributed by atoms with van der Waals surface area (Å²) in [5, 5.41) is 18.9. The minimum Gasteiger partial charge on any atom is -0.197 e. The Hall–Kier alpha value is -0.670. The number of unbranched alkanes of at least 4 members (excludes halogenated alkanes) is 4. The van der Waals surface area contributed by atoms with Crippen LogP contribution in [0.1, 0.15) is 79.1 Å². The van der Waals surface area contributed by atoms with E-state index in [2.05, 4.69) is 26.0 Å². The summed E-state index contributed by atoms with van der Waals surface area (Å²) < 4.78 is -0.849. The van der Waals surface area contributed by atoms with Crippen LogP contribution in [0.25, 0.3) is 0 Å². The molecular weight excluding hydrogens is 252 g/mol. The topological polar surface area (TPSA) is 47.6 Å². The first kappa shape index (κ1) is 18.3. The van der Waals surface area contributed by atoms with Crippen LogP contribution in [-0.4, -0.2) is 9.49 Å². The molecule has 108 valence electrons. The van der Waals surface area contributed by atoms with Gasteiger partial charge in [-0.15, -0.1) is 11.8 Å². The molecule has 0 aromatic heterocycles. The molecule has 19 heavy (non-hydrogen) atoms. The minimum atomic E-state index is -0.425. The van der Waals surface area contributed by atoms with Gasteiger partial charge in [-0.3, -0.25) is 0 Å². The lowest BCUT2D eigenvalue weighted by molar-refractivity contribution is 0.587. The van der Waals surface area contributed by atoms with Crippen LogP contribution in [0.4, 0.5) is 0 Å². The lowest BCUT2D eigenvalue weighted by Crippen LogP contribution is -2.29. The first-order valence-corrected chi connectivity index (χ1v) is 8.29. The van der Waals surface area contributed by atoms with E-state index < -0.39 is 9.49 Å². The zero-order valence-corrected chi connectivity index (χ0v) is 13.8. The highest BCUT2D eigenvalue weighted by molar-refractivity contribution is 8.02. The van der Waals surface area contributed by atoms with Crippen molar-refractivity contribution < 1.29 is 0 Å². The number of nitrogens with zero attached hydrogens (tertiary/aromatic N) is 2. The minimum absolute atomic E-state index is 0.425. The lowest BCUT2D eigenvalue weighted by Gasteiger charge is -2.30. The van der Waals surface area contributed by atoms with Gasteiger partial charge in [0.25, 0.3) is 0 Å². The molecule has 0 aliphatic carbocycles. The SMILES string of the molecule is CCCCCC(C)(C#N)SC(C)(C#N)CCCCC. The van der Waals surface area contributed by atoms with E-state index in [0.717, 1.165) is 51.4 Å². The highest BCUT2D eigenvalue weighted by Crippen LogP contribution is 2.42. The summed E-state index contributed by atoms with van der Waals surface area (Å²) in [6.07, 6.45) is 8.57. The van der Waals surface area contributed by atoms with Crippen molar-refractivity contribution in [3.63, 3.8) is 0 Å². The summed E-state index contributed by atoms with van der Waals surface area (Å²) in [6, 6.07) is 4.86. The highest BCUT2D eigenvalue weighted by atomic mass is 32.2. The van der Waals surface area contributed by atoms with Gasteiger partial charge in [-0.25, -0.2) is 0 Å². The predicted octanol–water partition coefficient (Wildman–Crippen LogP) is 5.44. The quantitative estimate of drug-likeness (QED) is 0.500. The number of hydrogen-bond acceptors (Lipinski definition) is 3. The summed E-state index contributed by atoms with van der Waals surface area (Å²) >= 11 is 1.57. The van der Waals surface area contributed by atoms with E-state index >= 15 is 0 Å². The highest BCUT2D eigenvalue weighted by Gasteiger charge is 2.35. The van der Waals surface area contributed by atoms with Gasteiger partial charge in [0.1, 0.15) is 9.49 Å². The molecule has 2 nitrogen and oxygen atoms in total. The molecule has 0 amide bonds. The van der Waals surface area contributed by atoms with E-state index in [1.807, 2.05) is 13.8 Å². The molecular formula is C16H28N2S. The van der Waals surface area contributed by atoms with E-state index in [-0.39, 0.29) is 0 Å². The molecule has 0 rings (SSSR count). The molecule has 2 atom stereocenters. The van der Waals surface area contributed by atoms with Crippen molar-refractivity contribution in [3.05, 3.63) is 0 Å². The van der Waals surface area contributed by atoms with Crippen LogP contribution < -0.4 is 0 Å². The normalized spacial score (nSPS) is 16.9. The average molecular weight is 280 g/mol. The van der Waals surface area contributed by atoms with Gasteiger partial charge in [0.05, 0.1) is 12.1 Å². The van der Waals surface area contributed by atoms with E-state index in [9.17, 15) is 10.5 Å². The Morgan fingerprint density at radius 1 is 0.789 bits per heavy atom. The fourth-order valence-electron chi connectivity index (χ4n) is 2.18. The lowest BCUT2D eigenvalue weighted by atomic mass is 10.0. The molecule has 0 aromatic rings. The van der Waals surface area contributed by atoms with Crippen LogP contribution in [0.5, 0.6) is 0 Å². The second-order valence-corrected chi connectivity index (χ2v) is 7.71. The van der Waals surface area contributed by atoms with Crippen molar-refractivity contribution in [2.24, 2.45) is 0 Å². The summed E-state index contributed by atoms with van der Waals surface area (Å²) in [4.78, 5) is 0. The Morgan fingerprint density at radius 2 is 1.16 bits per heavy atom. The molecule has 0 aliphatic rings. The van der Waals surface area contributed by atoms with Crippen molar-refractivity contribution >= 4 is 11.8 Å². The second kappa shape index (κ2) is 9.27. The van der Waals surface area contributed by atoms with E-state index in [4.69, 9.17) is 0 Å². The monoisotopic (exact) mass is 280 g/mol. The molecule has 2 unspecified atom stereocenters. The zero-order valence-electron chi connectivity index (χ0n) is 13.0. The van der Waals surface area contributed by atoms with Gasteiger partial charge < -0.3 is 0 Å². The first-order valence-electron chi connectivity index (χ1n) is 7.48. The molecule has 0 heterocycles. The van der Waals surface area contributed by atoms with Crippen LogP contribution in [0, 0.1) is 22.7 Å². The molecule has 0 N–H and O–H groups in total. The third-order valence-electron chi connectivity index (χ3n) is 3.44. The fourth-order valence-corrected chi connectivity index (χ4v) is 3.76. The Balaban J connectivity index is 4.53. The number of thioether (sulfide) groups is 1. The predicted molar refractivity (Wildman–Crippen MR) is 83.9 cm³/mol. The summed E-state index contributed by atoms with van der Waals surface area (Å²) in [5.41, 5.74) is 0. The van der Waals surface area contributed by atoms with Crippen LogP contribution in [0.15, 0.2) is 0 Å². The maximum absolute atomic E-state index is 9.43. The van der Waals surface area contributed by atoms with Gasteiger partial charge in [0.15, 0.2) is 0 Å². The molecule has 0 radical (unpaired) electrons. The Bertz CT molecular complexity index is 297. The van der Waals surface area contributed by atoms with Crippen LogP contribution >= 0.6 is 11.8 Å². The molecule has 0 aromatic carbocycles. The molecule has 0 saturated heterocycles. The van der Waals surface area contributed by atoms with Gasteiger partial charge in [-0.2, -0.15) is 10.5 Å². The first-order chi connectivity index (χ1) is 8.95. The molecule has 0 spiro atoms. The van der Waals surface area contributed by atoms with Gasteiger partial charge in [-0.05, 0) is 26.7 Å². The zero-order chi connectivity index (χ0) is 14.8. The summed E-state index contributed by atoms with van der Waals surface area (Å²) in [6.45, 7) is 8.31. The molecule has 3 heteroatoms. The van der Waals surface area contributed by atoms with Gasteiger partial charge in [-0.1, -0.05) is 52.4 Å². The van der Waals surface area contributed by atoms with Gasteiger partial charge in [0.2, 0.25) is 0 Å². The largest absolute Gasteiger partial charge is 0.197 e. The van der Waals surface area contributed by atoms with Crippen LogP contribution in [0.2, 0.25) is 0 Å². The standard InChI is InChI=1S/C16H28N2S/c1-5-7-9-11-15(3,13-17)19-16(4,14-18)12-10-8-6-2/h5-12H2,1-4H3. The van der Waals surface area contributed by atoms with E-state index in [1.54, 1.807) is 11.8 Å². The third-order valence-corrected chi connectivity index (χ3v) is 4.93. The Labute approximate surface area is 123 Å². The molecule has 0 saturated carbocycles. The van der Waals surface area contributed by atoms with Crippen LogP contribution in [0.3, 0.4) is 0 Å². The summed E-state index contributed by atoms with van der Waals surface area (Å²) in [5.74, 6) is 0. The maximum Gasteiger partial charge on any atom is 0.101 e. The van der Waals surface area contributed by atoms with Gasteiger partial charge in [0, 0.05) is 0 Å². The molecule has 0 aliphatic heterocycles. The number of nitriles is 2. The van der Waals surface area contributed by atoms with Crippen molar-refractivity contribution in [1.82, 2.24) is 0 Å². The molecule has 0 bridgehead atoms. The maximum atomic E-state index is 9.43. The smallest absolute Gasteiger partial charge is 0.101 e. The average Bonchev–Trinajstić information content (AvgIpc) is 2.39. The summed E-state index contributed by atoms with van der Waals surface area (Å²) in [7, 11) is 0. The van der Waals surface area contributed by atoms with Crippen molar-refractivity contribution in [2.45, 2.75) is 88.6 Å². The second-order valence-electron chi connectivity index (χ2n) is 5.70. The van der Waals surface area contributed by atoms with Crippen LogP contribution in [-0.2, 0) is 0 Å². The van der Waals surface area contributed by atoms with Crippen molar-refractivity contribution in [3.8, 4) is 12.1 Å². The third kappa shape index (κ3) is 7.48. The Kier molecular flexibility index (Phi) is 8.94. The van der Waals surface area contributed by atoms with Gasteiger partial charge >= 0.3 is 0 Å². The van der Waals surface area contributed by atoms with E-state index in [0.29, 0.717) is 0 Å². The Morgan fingerprint density at radius 3 is 1.42 bits per heavy atom. The molecule has 0 fully saturated rings.